The van der Waals surface area contributed by atoms with Crippen molar-refractivity contribution in [3.05, 3.63) is 89.2 Å². The Morgan fingerprint density at radius 2 is 1.59 bits per heavy atom. The van der Waals surface area contributed by atoms with E-state index < -0.39 is 0 Å². The van der Waals surface area contributed by atoms with Crippen molar-refractivity contribution >= 4 is 11.8 Å². The molecule has 0 saturated heterocycles. The summed E-state index contributed by atoms with van der Waals surface area (Å²) in [7, 11) is 0. The highest BCUT2D eigenvalue weighted by Crippen LogP contribution is 2.35. The molecule has 3 aromatic carbocycles. The maximum Gasteiger partial charge on any atom is 0.196 e. The molecule has 9 heteroatoms. The van der Waals surface area contributed by atoms with Crippen LogP contribution >= 0.6 is 11.8 Å². The first-order chi connectivity index (χ1) is 15.6. The van der Waals surface area contributed by atoms with Crippen LogP contribution in [-0.4, -0.2) is 21.6 Å². The largest absolute Gasteiger partial charge is 0.467 e. The van der Waals surface area contributed by atoms with Crippen LogP contribution in [0.15, 0.2) is 65.8 Å². The summed E-state index contributed by atoms with van der Waals surface area (Å²) in [6.07, 6.45) is 0. The molecule has 0 N–H and O–H groups in total. The van der Waals surface area contributed by atoms with Gasteiger partial charge < -0.3 is 9.47 Å². The van der Waals surface area contributed by atoms with E-state index in [0.29, 0.717) is 44.9 Å². The van der Waals surface area contributed by atoms with Crippen LogP contribution in [0.5, 0.6) is 5.75 Å². The van der Waals surface area contributed by atoms with E-state index in [-0.39, 0.29) is 30.9 Å². The Morgan fingerprint density at radius 1 is 0.875 bits per heavy atom. The van der Waals surface area contributed by atoms with Crippen molar-refractivity contribution in [2.24, 2.45) is 0 Å². The lowest BCUT2D eigenvalue weighted by Gasteiger charge is -2.20. The molecule has 5 rings (SSSR count). The zero-order valence-electron chi connectivity index (χ0n) is 16.6. The van der Waals surface area contributed by atoms with E-state index in [2.05, 4.69) is 10.2 Å². The monoisotopic (exact) mass is 455 g/mol. The molecule has 0 unspecified atom stereocenters. The number of fused-ring (bicyclic) bond motifs is 1. The molecule has 0 bridgehead atoms. The standard InChI is InChI=1S/C23H16F3N3O2S/c24-17-3-1-14(2-4-17)22-27-28-23(29(22)20-7-5-18(25)6-8-20)32-12-16-10-19(26)9-15-11-30-13-31-21(15)16/h1-10H,11-13H2. The highest BCUT2D eigenvalue weighted by Gasteiger charge is 2.20. The highest BCUT2D eigenvalue weighted by molar-refractivity contribution is 7.98. The quantitative estimate of drug-likeness (QED) is 0.372. The average Bonchev–Trinajstić information content (AvgIpc) is 3.22. The molecule has 4 aromatic rings. The van der Waals surface area contributed by atoms with E-state index in [9.17, 15) is 13.2 Å². The molecule has 5 nitrogen and oxygen atoms in total. The van der Waals surface area contributed by atoms with E-state index in [1.54, 1.807) is 28.8 Å². The van der Waals surface area contributed by atoms with E-state index in [1.807, 2.05) is 0 Å². The minimum Gasteiger partial charge on any atom is -0.467 e. The number of rotatable bonds is 5. The van der Waals surface area contributed by atoms with Crippen molar-refractivity contribution in [2.75, 3.05) is 6.79 Å². The van der Waals surface area contributed by atoms with Crippen LogP contribution < -0.4 is 4.74 Å². The fourth-order valence-corrected chi connectivity index (χ4v) is 4.40. The van der Waals surface area contributed by atoms with Gasteiger partial charge in [0.05, 0.1) is 6.61 Å². The van der Waals surface area contributed by atoms with E-state index in [4.69, 9.17) is 9.47 Å². The second-order valence-corrected chi connectivity index (χ2v) is 8.02. The number of thioether (sulfide) groups is 1. The fraction of sp³-hybridized carbons (Fsp3) is 0.130. The van der Waals surface area contributed by atoms with Crippen LogP contribution in [0.2, 0.25) is 0 Å². The van der Waals surface area contributed by atoms with Crippen molar-refractivity contribution in [1.29, 1.82) is 0 Å². The van der Waals surface area contributed by atoms with Crippen molar-refractivity contribution in [2.45, 2.75) is 17.5 Å². The Labute approximate surface area is 185 Å². The van der Waals surface area contributed by atoms with Gasteiger partial charge in [-0.3, -0.25) is 4.57 Å². The van der Waals surface area contributed by atoms with Crippen molar-refractivity contribution in [3.63, 3.8) is 0 Å². The van der Waals surface area contributed by atoms with Gasteiger partial charge in [-0.1, -0.05) is 11.8 Å². The van der Waals surface area contributed by atoms with Crippen LogP contribution in [0, 0.1) is 17.5 Å². The normalized spacial score (nSPS) is 13.0. The third-order valence-corrected chi connectivity index (χ3v) is 5.91. The minimum atomic E-state index is -0.375. The van der Waals surface area contributed by atoms with Gasteiger partial charge in [-0.05, 0) is 60.7 Å². The maximum atomic E-state index is 14.1. The molecular weight excluding hydrogens is 439 g/mol. The van der Waals surface area contributed by atoms with Crippen LogP contribution in [0.25, 0.3) is 17.1 Å². The summed E-state index contributed by atoms with van der Waals surface area (Å²) in [6.45, 7) is 0.391. The Balaban J connectivity index is 1.53. The molecule has 2 heterocycles. The van der Waals surface area contributed by atoms with E-state index in [0.717, 1.165) is 0 Å². The smallest absolute Gasteiger partial charge is 0.196 e. The summed E-state index contributed by atoms with van der Waals surface area (Å²) in [5.41, 5.74) is 2.62. The molecule has 0 aliphatic carbocycles. The second-order valence-electron chi connectivity index (χ2n) is 7.08. The molecule has 1 aliphatic rings. The maximum absolute atomic E-state index is 14.1. The molecular formula is C23H16F3N3O2S. The number of nitrogens with zero attached hydrogens (tertiary/aromatic N) is 3. The Hall–Kier alpha value is -3.30. The first-order valence-corrected chi connectivity index (χ1v) is 10.7. The Morgan fingerprint density at radius 3 is 2.34 bits per heavy atom. The van der Waals surface area contributed by atoms with Crippen molar-refractivity contribution in [1.82, 2.24) is 14.8 Å². The molecule has 0 spiro atoms. The number of hydrogen-bond donors (Lipinski definition) is 0. The highest BCUT2D eigenvalue weighted by atomic mass is 32.2. The van der Waals surface area contributed by atoms with Gasteiger partial charge in [0.2, 0.25) is 0 Å². The summed E-state index contributed by atoms with van der Waals surface area (Å²) in [4.78, 5) is 0. The number of benzene rings is 3. The molecule has 162 valence electrons. The number of hydrogen-bond acceptors (Lipinski definition) is 5. The summed E-state index contributed by atoms with van der Waals surface area (Å²) in [5, 5.41) is 9.09. The van der Waals surface area contributed by atoms with Gasteiger partial charge in [0.25, 0.3) is 0 Å². The van der Waals surface area contributed by atoms with E-state index >= 15 is 0 Å². The van der Waals surface area contributed by atoms with Gasteiger partial charge in [-0.15, -0.1) is 10.2 Å². The number of aromatic nitrogens is 3. The summed E-state index contributed by atoms with van der Waals surface area (Å²) in [6, 6.07) is 14.6. The summed E-state index contributed by atoms with van der Waals surface area (Å²) < 4.78 is 53.6. The zero-order chi connectivity index (χ0) is 22.1. The number of ether oxygens (including phenoxy) is 2. The van der Waals surface area contributed by atoms with Gasteiger partial charge in [0, 0.05) is 28.1 Å². The van der Waals surface area contributed by atoms with Crippen molar-refractivity contribution in [3.8, 4) is 22.8 Å². The minimum absolute atomic E-state index is 0.108. The van der Waals surface area contributed by atoms with Crippen LogP contribution in [0.1, 0.15) is 11.1 Å². The number of halogens is 3. The molecule has 0 radical (unpaired) electrons. The molecule has 0 saturated carbocycles. The average molecular weight is 455 g/mol. The zero-order valence-corrected chi connectivity index (χ0v) is 17.4. The molecule has 1 aromatic heterocycles. The molecule has 0 atom stereocenters. The second kappa shape index (κ2) is 8.68. The first kappa shape index (κ1) is 20.6. The predicted octanol–water partition coefficient (Wildman–Crippen LogP) is 5.51. The molecule has 1 aliphatic heterocycles. The lowest BCUT2D eigenvalue weighted by molar-refractivity contribution is -0.0171. The lowest BCUT2D eigenvalue weighted by Crippen LogP contribution is -2.13. The van der Waals surface area contributed by atoms with Crippen LogP contribution in [0.3, 0.4) is 0 Å². The summed E-state index contributed by atoms with van der Waals surface area (Å²) in [5.74, 6) is 0.339. The molecule has 0 fully saturated rings. The van der Waals surface area contributed by atoms with Gasteiger partial charge in [0.15, 0.2) is 17.8 Å². The first-order valence-electron chi connectivity index (χ1n) is 9.70. The van der Waals surface area contributed by atoms with Crippen LogP contribution in [-0.2, 0) is 17.1 Å². The SMILES string of the molecule is Fc1ccc(-c2nnc(SCc3cc(F)cc4c3OCOC4)n2-c2ccc(F)cc2)cc1. The van der Waals surface area contributed by atoms with E-state index in [1.165, 1.54) is 48.2 Å². The Bertz CT molecular complexity index is 1260. The van der Waals surface area contributed by atoms with Gasteiger partial charge in [-0.2, -0.15) is 0 Å². The third-order valence-electron chi connectivity index (χ3n) is 4.93. The lowest BCUT2D eigenvalue weighted by atomic mass is 10.1. The fourth-order valence-electron chi connectivity index (χ4n) is 3.48. The van der Waals surface area contributed by atoms with Gasteiger partial charge >= 0.3 is 0 Å². The van der Waals surface area contributed by atoms with Crippen molar-refractivity contribution < 1.29 is 22.6 Å². The van der Waals surface area contributed by atoms with Gasteiger partial charge in [0.1, 0.15) is 23.2 Å². The molecule has 32 heavy (non-hydrogen) atoms. The Kier molecular flexibility index (Phi) is 5.59. The summed E-state index contributed by atoms with van der Waals surface area (Å²) >= 11 is 1.33. The molecule has 0 amide bonds. The van der Waals surface area contributed by atoms with Gasteiger partial charge in [-0.25, -0.2) is 13.2 Å². The topological polar surface area (TPSA) is 49.2 Å². The predicted molar refractivity (Wildman–Crippen MR) is 113 cm³/mol. The third kappa shape index (κ3) is 4.09. The van der Waals surface area contributed by atoms with Crippen LogP contribution in [0.4, 0.5) is 13.2 Å².